The second-order valence-corrected chi connectivity index (χ2v) is 4.60. The van der Waals surface area contributed by atoms with Crippen LogP contribution in [-0.2, 0) is 0 Å². The SMILES string of the molecule is Cc1cccnc1NC(=S)Nc1cccc(Cl)c1. The number of thiocarbonyl (C=S) groups is 1. The van der Waals surface area contributed by atoms with Gasteiger partial charge in [0.05, 0.1) is 0 Å². The van der Waals surface area contributed by atoms with Crippen molar-refractivity contribution in [2.45, 2.75) is 6.92 Å². The first-order chi connectivity index (χ1) is 8.65. The summed E-state index contributed by atoms with van der Waals surface area (Å²) in [5.74, 6) is 0.747. The standard InChI is InChI=1S/C13H12ClN3S/c1-9-4-3-7-15-12(9)17-13(18)16-11-6-2-5-10(14)8-11/h2-8H,1H3,(H2,15,16,17,18). The Morgan fingerprint density at radius 3 is 2.78 bits per heavy atom. The average Bonchev–Trinajstić information content (AvgIpc) is 2.32. The quantitative estimate of drug-likeness (QED) is 0.818. The number of hydrogen-bond acceptors (Lipinski definition) is 2. The second-order valence-electron chi connectivity index (χ2n) is 3.76. The lowest BCUT2D eigenvalue weighted by Gasteiger charge is -2.11. The summed E-state index contributed by atoms with van der Waals surface area (Å²) in [6.07, 6.45) is 1.72. The third-order valence-corrected chi connectivity index (χ3v) is 2.76. The van der Waals surface area contributed by atoms with Gasteiger partial charge in [0.2, 0.25) is 0 Å². The number of nitrogens with one attached hydrogen (secondary N) is 2. The Hall–Kier alpha value is -1.65. The number of aryl methyl sites for hydroxylation is 1. The van der Waals surface area contributed by atoms with Crippen molar-refractivity contribution >= 4 is 40.4 Å². The minimum atomic E-state index is 0.485. The number of anilines is 2. The predicted octanol–water partition coefficient (Wildman–Crippen LogP) is 3.85. The lowest BCUT2D eigenvalue weighted by molar-refractivity contribution is 1.27. The molecule has 2 aromatic rings. The number of aromatic nitrogens is 1. The van der Waals surface area contributed by atoms with Gasteiger partial charge in [0.1, 0.15) is 5.82 Å². The Kier molecular flexibility index (Phi) is 4.12. The van der Waals surface area contributed by atoms with Crippen LogP contribution in [0.15, 0.2) is 42.6 Å². The molecule has 2 rings (SSSR count). The van der Waals surface area contributed by atoms with Crippen LogP contribution in [0.25, 0.3) is 0 Å². The first-order valence-electron chi connectivity index (χ1n) is 5.40. The zero-order valence-corrected chi connectivity index (χ0v) is 11.3. The largest absolute Gasteiger partial charge is 0.332 e. The van der Waals surface area contributed by atoms with Crippen LogP contribution in [0, 0.1) is 6.92 Å². The van der Waals surface area contributed by atoms with E-state index in [0.717, 1.165) is 17.1 Å². The van der Waals surface area contributed by atoms with E-state index >= 15 is 0 Å². The molecule has 0 fully saturated rings. The normalized spacial score (nSPS) is 9.89. The summed E-state index contributed by atoms with van der Waals surface area (Å²) in [7, 11) is 0. The molecule has 0 saturated heterocycles. The highest BCUT2D eigenvalue weighted by Gasteiger charge is 2.02. The Labute approximate surface area is 116 Å². The van der Waals surface area contributed by atoms with Crippen LogP contribution in [0.2, 0.25) is 5.02 Å². The Morgan fingerprint density at radius 1 is 1.22 bits per heavy atom. The zero-order valence-electron chi connectivity index (χ0n) is 9.77. The van der Waals surface area contributed by atoms with Gasteiger partial charge in [0.25, 0.3) is 0 Å². The van der Waals surface area contributed by atoms with E-state index < -0.39 is 0 Å². The van der Waals surface area contributed by atoms with Crippen LogP contribution < -0.4 is 10.6 Å². The molecule has 0 amide bonds. The van der Waals surface area contributed by atoms with E-state index in [4.69, 9.17) is 23.8 Å². The van der Waals surface area contributed by atoms with E-state index in [-0.39, 0.29) is 0 Å². The van der Waals surface area contributed by atoms with Crippen molar-refractivity contribution < 1.29 is 0 Å². The molecule has 1 aromatic heterocycles. The van der Waals surface area contributed by atoms with E-state index in [1.807, 2.05) is 37.3 Å². The summed E-state index contributed by atoms with van der Waals surface area (Å²) in [5.41, 5.74) is 1.88. The molecule has 0 unspecified atom stereocenters. The lowest BCUT2D eigenvalue weighted by atomic mass is 10.3. The number of hydrogen-bond donors (Lipinski definition) is 2. The van der Waals surface area contributed by atoms with E-state index in [0.29, 0.717) is 10.1 Å². The maximum Gasteiger partial charge on any atom is 0.176 e. The van der Waals surface area contributed by atoms with E-state index in [9.17, 15) is 0 Å². The number of benzene rings is 1. The fourth-order valence-corrected chi connectivity index (χ4v) is 1.86. The van der Waals surface area contributed by atoms with Gasteiger partial charge in [0, 0.05) is 16.9 Å². The van der Waals surface area contributed by atoms with Crippen LogP contribution >= 0.6 is 23.8 Å². The summed E-state index contributed by atoms with van der Waals surface area (Å²) in [4.78, 5) is 4.21. The number of halogens is 1. The molecule has 0 aliphatic rings. The van der Waals surface area contributed by atoms with Crippen molar-refractivity contribution in [3.8, 4) is 0 Å². The van der Waals surface area contributed by atoms with E-state index in [1.54, 1.807) is 12.3 Å². The molecule has 1 aromatic carbocycles. The van der Waals surface area contributed by atoms with Gasteiger partial charge in [-0.1, -0.05) is 23.7 Å². The molecule has 0 aliphatic carbocycles. The molecule has 0 spiro atoms. The summed E-state index contributed by atoms with van der Waals surface area (Å²) >= 11 is 11.1. The molecule has 0 aliphatic heterocycles. The van der Waals surface area contributed by atoms with Gasteiger partial charge in [-0.05, 0) is 49.0 Å². The molecular weight excluding hydrogens is 266 g/mol. The first kappa shape index (κ1) is 12.8. The van der Waals surface area contributed by atoms with Gasteiger partial charge < -0.3 is 10.6 Å². The molecule has 92 valence electrons. The molecule has 0 saturated carbocycles. The second kappa shape index (κ2) is 5.80. The number of rotatable bonds is 2. The van der Waals surface area contributed by atoms with Crippen molar-refractivity contribution in [2.24, 2.45) is 0 Å². The maximum atomic E-state index is 5.90. The monoisotopic (exact) mass is 277 g/mol. The van der Waals surface area contributed by atoms with Gasteiger partial charge >= 0.3 is 0 Å². The van der Waals surface area contributed by atoms with Gasteiger partial charge in [-0.2, -0.15) is 0 Å². The highest BCUT2D eigenvalue weighted by atomic mass is 35.5. The summed E-state index contributed by atoms with van der Waals surface area (Å²) in [6.45, 7) is 1.97. The zero-order chi connectivity index (χ0) is 13.0. The molecule has 1 heterocycles. The van der Waals surface area contributed by atoms with Gasteiger partial charge in [-0.15, -0.1) is 0 Å². The van der Waals surface area contributed by atoms with Gasteiger partial charge in [-0.25, -0.2) is 4.98 Å². The van der Waals surface area contributed by atoms with E-state index in [1.165, 1.54) is 0 Å². The number of nitrogens with zero attached hydrogens (tertiary/aromatic N) is 1. The highest BCUT2D eigenvalue weighted by molar-refractivity contribution is 7.80. The van der Waals surface area contributed by atoms with Crippen molar-refractivity contribution in [2.75, 3.05) is 10.6 Å². The third-order valence-electron chi connectivity index (χ3n) is 2.32. The van der Waals surface area contributed by atoms with Crippen molar-refractivity contribution in [1.82, 2.24) is 4.98 Å². The van der Waals surface area contributed by atoms with Crippen LogP contribution in [0.5, 0.6) is 0 Å². The molecule has 0 radical (unpaired) electrons. The molecular formula is C13H12ClN3S. The highest BCUT2D eigenvalue weighted by Crippen LogP contribution is 2.15. The first-order valence-corrected chi connectivity index (χ1v) is 6.19. The van der Waals surface area contributed by atoms with E-state index in [2.05, 4.69) is 15.6 Å². The van der Waals surface area contributed by atoms with Crippen molar-refractivity contribution in [3.05, 3.63) is 53.2 Å². The minimum Gasteiger partial charge on any atom is -0.332 e. The summed E-state index contributed by atoms with van der Waals surface area (Å²) in [6, 6.07) is 11.2. The fourth-order valence-electron chi connectivity index (χ4n) is 1.45. The van der Waals surface area contributed by atoms with Crippen LogP contribution in [-0.4, -0.2) is 10.1 Å². The fraction of sp³-hybridized carbons (Fsp3) is 0.0769. The van der Waals surface area contributed by atoms with Gasteiger partial charge in [-0.3, -0.25) is 0 Å². The molecule has 18 heavy (non-hydrogen) atoms. The topological polar surface area (TPSA) is 37.0 Å². The molecule has 3 nitrogen and oxygen atoms in total. The smallest absolute Gasteiger partial charge is 0.176 e. The third kappa shape index (κ3) is 3.42. The molecule has 0 atom stereocenters. The van der Waals surface area contributed by atoms with Crippen molar-refractivity contribution in [3.63, 3.8) is 0 Å². The molecule has 2 N–H and O–H groups in total. The number of pyridine rings is 1. The predicted molar refractivity (Wildman–Crippen MR) is 80.3 cm³/mol. The van der Waals surface area contributed by atoms with Crippen LogP contribution in [0.4, 0.5) is 11.5 Å². The maximum absolute atomic E-state index is 5.90. The average molecular weight is 278 g/mol. The van der Waals surface area contributed by atoms with Crippen LogP contribution in [0.3, 0.4) is 0 Å². The molecule has 0 bridgehead atoms. The Balaban J connectivity index is 2.03. The Morgan fingerprint density at radius 2 is 2.06 bits per heavy atom. The summed E-state index contributed by atoms with van der Waals surface area (Å²) < 4.78 is 0. The molecule has 5 heteroatoms. The van der Waals surface area contributed by atoms with Crippen LogP contribution in [0.1, 0.15) is 5.56 Å². The Bertz CT molecular complexity index is 572. The minimum absolute atomic E-state index is 0.485. The van der Waals surface area contributed by atoms with Crippen molar-refractivity contribution in [1.29, 1.82) is 0 Å². The summed E-state index contributed by atoms with van der Waals surface area (Å²) in [5, 5.41) is 7.25. The lowest BCUT2D eigenvalue weighted by Crippen LogP contribution is -2.20. The van der Waals surface area contributed by atoms with Gasteiger partial charge in [0.15, 0.2) is 5.11 Å².